The number of carbonyl (C=O) groups excluding carboxylic acids is 2. The fraction of sp³-hybridized carbons (Fsp3) is 0.348. The van der Waals surface area contributed by atoms with Crippen LogP contribution in [0.25, 0.3) is 10.6 Å². The molecule has 1 fully saturated rings. The second-order valence-corrected chi connectivity index (χ2v) is 9.33. The molecule has 3 heterocycles. The zero-order valence-electron chi connectivity index (χ0n) is 20.2. The molecule has 1 aromatic carbocycles. The number of nitrogens with one attached hydrogen (secondary N) is 2. The molecule has 1 aliphatic rings. The summed E-state index contributed by atoms with van der Waals surface area (Å²) >= 11 is 1.13. The van der Waals surface area contributed by atoms with E-state index in [4.69, 9.17) is 4.74 Å². The van der Waals surface area contributed by atoms with Crippen LogP contribution in [-0.4, -0.2) is 89.4 Å². The van der Waals surface area contributed by atoms with E-state index in [2.05, 4.69) is 30.7 Å². The smallest absolute Gasteiger partial charge is 0.422 e. The lowest BCUT2D eigenvalue weighted by molar-refractivity contribution is -0.153. The third-order valence-corrected chi connectivity index (χ3v) is 6.31. The van der Waals surface area contributed by atoms with Gasteiger partial charge in [0.25, 0.3) is 5.91 Å². The normalized spacial score (nSPS) is 14.4. The molecule has 0 radical (unpaired) electrons. The Morgan fingerprint density at radius 1 is 1.11 bits per heavy atom. The van der Waals surface area contributed by atoms with Crippen LogP contribution < -0.4 is 15.4 Å². The molecule has 204 valence electrons. The Bertz CT molecular complexity index is 1240. The van der Waals surface area contributed by atoms with E-state index >= 15 is 0 Å². The summed E-state index contributed by atoms with van der Waals surface area (Å²) in [6, 6.07) is 7.34. The molecule has 38 heavy (non-hydrogen) atoms. The van der Waals surface area contributed by atoms with Gasteiger partial charge in [-0.1, -0.05) is 11.3 Å². The molecule has 0 aliphatic carbocycles. The van der Waals surface area contributed by atoms with E-state index in [0.717, 1.165) is 30.0 Å². The standard InChI is InChI=1S/C23H24F3N7O3S.ClH/c1-32-7-9-33(10-8-32)13-19(34)28-17-11-15(4-5-18(17)36-14-23(24,25)26)20(35)29-22-31-30-21(37-22)16-3-2-6-27-12-16;/h2-6,11-12H,7-10,13-14H2,1H3,(H,28,34)(H,29,31,35);1H. The van der Waals surface area contributed by atoms with Crippen molar-refractivity contribution in [3.63, 3.8) is 0 Å². The number of anilines is 2. The van der Waals surface area contributed by atoms with Crippen molar-refractivity contribution in [1.29, 1.82) is 0 Å². The van der Waals surface area contributed by atoms with E-state index in [1.165, 1.54) is 18.2 Å². The maximum atomic E-state index is 12.8. The molecule has 3 aromatic rings. The van der Waals surface area contributed by atoms with Crippen LogP contribution in [0.3, 0.4) is 0 Å². The first kappa shape index (κ1) is 29.2. The third-order valence-electron chi connectivity index (χ3n) is 5.42. The van der Waals surface area contributed by atoms with Crippen molar-refractivity contribution in [2.75, 3.05) is 57.0 Å². The summed E-state index contributed by atoms with van der Waals surface area (Å²) in [6.45, 7) is 1.50. The summed E-state index contributed by atoms with van der Waals surface area (Å²) in [7, 11) is 1.99. The number of alkyl halides is 3. The van der Waals surface area contributed by atoms with Crippen LogP contribution in [0.4, 0.5) is 24.0 Å². The summed E-state index contributed by atoms with van der Waals surface area (Å²) in [5.74, 6) is -1.20. The van der Waals surface area contributed by atoms with Crippen LogP contribution in [0.15, 0.2) is 42.7 Å². The number of hydrogen-bond acceptors (Lipinski definition) is 9. The molecule has 1 aliphatic heterocycles. The highest BCUT2D eigenvalue weighted by Gasteiger charge is 2.29. The number of carbonyl (C=O) groups is 2. The minimum atomic E-state index is -4.57. The number of rotatable bonds is 8. The van der Waals surface area contributed by atoms with Crippen LogP contribution in [0.5, 0.6) is 5.75 Å². The number of pyridine rings is 1. The lowest BCUT2D eigenvalue weighted by Gasteiger charge is -2.31. The first-order valence-electron chi connectivity index (χ1n) is 11.3. The first-order chi connectivity index (χ1) is 17.7. The fourth-order valence-electron chi connectivity index (χ4n) is 3.50. The number of amides is 2. The van der Waals surface area contributed by atoms with Gasteiger partial charge in [-0.05, 0) is 37.4 Å². The van der Waals surface area contributed by atoms with Crippen molar-refractivity contribution in [2.24, 2.45) is 0 Å². The van der Waals surface area contributed by atoms with E-state index in [0.29, 0.717) is 18.1 Å². The molecular weight excluding hydrogens is 547 g/mol. The fourth-order valence-corrected chi connectivity index (χ4v) is 4.23. The van der Waals surface area contributed by atoms with Gasteiger partial charge in [0.15, 0.2) is 11.6 Å². The molecule has 2 amide bonds. The van der Waals surface area contributed by atoms with Crippen LogP contribution >= 0.6 is 23.7 Å². The highest BCUT2D eigenvalue weighted by Crippen LogP contribution is 2.30. The van der Waals surface area contributed by atoms with Crippen LogP contribution in [0, 0.1) is 0 Å². The van der Waals surface area contributed by atoms with Crippen LogP contribution in [0.2, 0.25) is 0 Å². The van der Waals surface area contributed by atoms with Gasteiger partial charge < -0.3 is 15.0 Å². The summed E-state index contributed by atoms with van der Waals surface area (Å²) < 4.78 is 43.1. The maximum Gasteiger partial charge on any atom is 0.422 e. The number of ether oxygens (including phenoxy) is 1. The zero-order chi connectivity index (χ0) is 26.4. The van der Waals surface area contributed by atoms with Gasteiger partial charge in [-0.3, -0.25) is 24.8 Å². The molecule has 0 unspecified atom stereocenters. The van der Waals surface area contributed by atoms with Crippen molar-refractivity contribution in [3.8, 4) is 16.3 Å². The van der Waals surface area contributed by atoms with E-state index < -0.39 is 24.6 Å². The van der Waals surface area contributed by atoms with Gasteiger partial charge in [0.2, 0.25) is 11.0 Å². The van der Waals surface area contributed by atoms with Crippen molar-refractivity contribution in [2.45, 2.75) is 6.18 Å². The molecule has 0 bridgehead atoms. The van der Waals surface area contributed by atoms with Gasteiger partial charge in [-0.2, -0.15) is 13.2 Å². The molecule has 0 saturated carbocycles. The lowest BCUT2D eigenvalue weighted by atomic mass is 10.1. The van der Waals surface area contributed by atoms with Crippen molar-refractivity contribution >= 4 is 46.4 Å². The molecule has 2 N–H and O–H groups in total. The quantitative estimate of drug-likeness (QED) is 0.423. The van der Waals surface area contributed by atoms with Gasteiger partial charge in [0, 0.05) is 49.7 Å². The summed E-state index contributed by atoms with van der Waals surface area (Å²) in [5.41, 5.74) is 0.786. The van der Waals surface area contributed by atoms with Crippen LogP contribution in [-0.2, 0) is 4.79 Å². The molecule has 10 nitrogen and oxygen atoms in total. The summed E-state index contributed by atoms with van der Waals surface area (Å²) in [5, 5.41) is 14.0. The minimum Gasteiger partial charge on any atom is -0.482 e. The predicted molar refractivity (Wildman–Crippen MR) is 139 cm³/mol. The lowest BCUT2D eigenvalue weighted by Crippen LogP contribution is -2.47. The van der Waals surface area contributed by atoms with E-state index in [-0.39, 0.29) is 41.1 Å². The number of nitrogens with zero attached hydrogens (tertiary/aromatic N) is 5. The summed E-state index contributed by atoms with van der Waals surface area (Å²) in [6.07, 6.45) is -1.33. The Balaban J connectivity index is 0.00000400. The number of piperazine rings is 1. The second kappa shape index (κ2) is 13.0. The summed E-state index contributed by atoms with van der Waals surface area (Å²) in [4.78, 5) is 33.6. The highest BCUT2D eigenvalue weighted by molar-refractivity contribution is 7.18. The maximum absolute atomic E-state index is 12.8. The Morgan fingerprint density at radius 3 is 2.55 bits per heavy atom. The first-order valence-corrected chi connectivity index (χ1v) is 12.1. The number of benzene rings is 1. The van der Waals surface area contributed by atoms with Gasteiger partial charge in [0.1, 0.15) is 5.75 Å². The Morgan fingerprint density at radius 2 is 1.87 bits per heavy atom. The van der Waals surface area contributed by atoms with Crippen molar-refractivity contribution in [1.82, 2.24) is 25.0 Å². The zero-order valence-corrected chi connectivity index (χ0v) is 21.8. The topological polar surface area (TPSA) is 113 Å². The van der Waals surface area contributed by atoms with Gasteiger partial charge in [-0.25, -0.2) is 0 Å². The monoisotopic (exact) mass is 571 g/mol. The SMILES string of the molecule is CN1CCN(CC(=O)Nc2cc(C(=O)Nc3nnc(-c4cccnc4)s3)ccc2OCC(F)(F)F)CC1.Cl. The van der Waals surface area contributed by atoms with Gasteiger partial charge in [-0.15, -0.1) is 22.6 Å². The molecule has 1 saturated heterocycles. The van der Waals surface area contributed by atoms with E-state index in [1.54, 1.807) is 24.5 Å². The Labute approximate surface area is 226 Å². The molecular formula is C23H25ClF3N7O3S. The molecule has 15 heteroatoms. The predicted octanol–water partition coefficient (Wildman–Crippen LogP) is 3.40. The number of halogens is 4. The Kier molecular flexibility index (Phi) is 9.96. The molecule has 0 atom stereocenters. The van der Waals surface area contributed by atoms with Gasteiger partial charge in [0.05, 0.1) is 12.2 Å². The van der Waals surface area contributed by atoms with Gasteiger partial charge >= 0.3 is 6.18 Å². The minimum absolute atomic E-state index is 0. The average molecular weight is 572 g/mol. The number of likely N-dealkylation sites (N-methyl/N-ethyl adjacent to an activating group) is 1. The average Bonchev–Trinajstić information content (AvgIpc) is 3.33. The van der Waals surface area contributed by atoms with Crippen molar-refractivity contribution < 1.29 is 27.5 Å². The highest BCUT2D eigenvalue weighted by atomic mass is 35.5. The molecule has 4 rings (SSSR count). The number of hydrogen-bond donors (Lipinski definition) is 2. The van der Waals surface area contributed by atoms with E-state index in [1.807, 2.05) is 11.9 Å². The van der Waals surface area contributed by atoms with E-state index in [9.17, 15) is 22.8 Å². The van der Waals surface area contributed by atoms with Crippen molar-refractivity contribution in [3.05, 3.63) is 48.3 Å². The van der Waals surface area contributed by atoms with Crippen LogP contribution in [0.1, 0.15) is 10.4 Å². The molecule has 2 aromatic heterocycles. The Hall–Kier alpha value is -3.33. The second-order valence-electron chi connectivity index (χ2n) is 8.35. The number of aromatic nitrogens is 3. The third kappa shape index (κ3) is 8.34. The molecule has 0 spiro atoms. The largest absolute Gasteiger partial charge is 0.482 e.